The maximum Gasteiger partial charge on any atom is 0.344 e. The van der Waals surface area contributed by atoms with E-state index in [1.54, 1.807) is 0 Å². The zero-order valence-corrected chi connectivity index (χ0v) is 15.6. The lowest BCUT2D eigenvalue weighted by molar-refractivity contribution is -0.167. The van der Waals surface area contributed by atoms with Crippen LogP contribution in [0, 0.1) is 5.41 Å². The molecule has 4 heteroatoms. The number of aliphatic hydroxyl groups excluding tert-OH is 1. The number of hydrogen-bond acceptors (Lipinski definition) is 4. The number of benzene rings is 2. The Labute approximate surface area is 157 Å². The first-order valence-corrected chi connectivity index (χ1v) is 9.83. The molecule has 0 saturated heterocycles. The zero-order chi connectivity index (χ0) is 18.6. The molecule has 3 saturated carbocycles. The van der Waals surface area contributed by atoms with Gasteiger partial charge in [0.1, 0.15) is 11.3 Å². The van der Waals surface area contributed by atoms with Crippen molar-refractivity contribution in [2.45, 2.75) is 44.4 Å². The maximum absolute atomic E-state index is 12.6. The highest BCUT2D eigenvalue weighted by Gasteiger charge is 2.67. The highest BCUT2D eigenvalue weighted by molar-refractivity contribution is 6.04. The molecule has 3 aliphatic carbocycles. The van der Waals surface area contributed by atoms with Gasteiger partial charge in [-0.25, -0.2) is 4.79 Å². The molecule has 0 aliphatic heterocycles. The topological polar surface area (TPSA) is 59.7 Å². The molecule has 2 bridgehead atoms. The molecule has 6 rings (SSSR count). The van der Waals surface area contributed by atoms with Gasteiger partial charge < -0.3 is 14.3 Å². The van der Waals surface area contributed by atoms with Crippen molar-refractivity contribution in [3.63, 3.8) is 0 Å². The van der Waals surface area contributed by atoms with Gasteiger partial charge in [0.25, 0.3) is 0 Å². The van der Waals surface area contributed by atoms with Crippen LogP contribution < -0.4 is 10.4 Å². The SMILES string of the molecule is CCCCOc1ccc2c(c1)oc(=O)c1cc(C34CC(CO)(C3)C4)ccc12. The van der Waals surface area contributed by atoms with Gasteiger partial charge in [0.15, 0.2) is 0 Å². The van der Waals surface area contributed by atoms with Crippen LogP contribution in [-0.4, -0.2) is 18.3 Å². The smallest absolute Gasteiger partial charge is 0.344 e. The number of aliphatic hydroxyl groups is 1. The van der Waals surface area contributed by atoms with Crippen molar-refractivity contribution in [1.82, 2.24) is 0 Å². The second kappa shape index (κ2) is 5.83. The number of ether oxygens (including phenoxy) is 1. The van der Waals surface area contributed by atoms with E-state index in [2.05, 4.69) is 13.0 Å². The van der Waals surface area contributed by atoms with Gasteiger partial charge in [-0.05, 0) is 65.7 Å². The first-order valence-electron chi connectivity index (χ1n) is 9.83. The Morgan fingerprint density at radius 1 is 1.07 bits per heavy atom. The third-order valence-electron chi connectivity index (χ3n) is 6.54. The van der Waals surface area contributed by atoms with Crippen LogP contribution in [0.15, 0.2) is 45.6 Å². The zero-order valence-electron chi connectivity index (χ0n) is 15.6. The second-order valence-electron chi connectivity index (χ2n) is 8.48. The van der Waals surface area contributed by atoms with E-state index in [0.29, 0.717) is 17.6 Å². The molecule has 27 heavy (non-hydrogen) atoms. The third-order valence-corrected chi connectivity index (χ3v) is 6.54. The fraction of sp³-hybridized carbons (Fsp3) is 0.435. The monoisotopic (exact) mass is 364 g/mol. The van der Waals surface area contributed by atoms with E-state index in [0.717, 1.165) is 48.6 Å². The summed E-state index contributed by atoms with van der Waals surface area (Å²) in [5, 5.41) is 12.0. The van der Waals surface area contributed by atoms with Crippen LogP contribution in [0.1, 0.15) is 44.6 Å². The van der Waals surface area contributed by atoms with Gasteiger partial charge >= 0.3 is 5.63 Å². The summed E-state index contributed by atoms with van der Waals surface area (Å²) in [6.45, 7) is 3.07. The average molecular weight is 364 g/mol. The molecular weight excluding hydrogens is 340 g/mol. The molecule has 3 fully saturated rings. The Morgan fingerprint density at radius 3 is 2.59 bits per heavy atom. The maximum atomic E-state index is 12.6. The fourth-order valence-corrected chi connectivity index (χ4v) is 5.14. The highest BCUT2D eigenvalue weighted by Crippen LogP contribution is 2.73. The summed E-state index contributed by atoms with van der Waals surface area (Å²) < 4.78 is 11.4. The minimum Gasteiger partial charge on any atom is -0.493 e. The minimum absolute atomic E-state index is 0.150. The number of fused-ring (bicyclic) bond motifs is 3. The van der Waals surface area contributed by atoms with Crippen LogP contribution in [0.25, 0.3) is 21.7 Å². The van der Waals surface area contributed by atoms with Gasteiger partial charge in [-0.15, -0.1) is 0 Å². The molecule has 4 nitrogen and oxygen atoms in total. The predicted molar refractivity (Wildman–Crippen MR) is 105 cm³/mol. The summed E-state index contributed by atoms with van der Waals surface area (Å²) in [4.78, 5) is 12.6. The van der Waals surface area contributed by atoms with Crippen molar-refractivity contribution < 1.29 is 14.3 Å². The van der Waals surface area contributed by atoms with E-state index in [9.17, 15) is 9.90 Å². The summed E-state index contributed by atoms with van der Waals surface area (Å²) in [6.07, 6.45) is 5.16. The van der Waals surface area contributed by atoms with Crippen molar-refractivity contribution in [1.29, 1.82) is 0 Å². The fourth-order valence-electron chi connectivity index (χ4n) is 5.14. The molecular formula is C23H24O4. The van der Waals surface area contributed by atoms with Crippen molar-refractivity contribution in [3.05, 3.63) is 52.4 Å². The van der Waals surface area contributed by atoms with Gasteiger partial charge in [-0.3, -0.25) is 0 Å². The molecule has 0 amide bonds. The van der Waals surface area contributed by atoms with E-state index in [-0.39, 0.29) is 23.1 Å². The first-order chi connectivity index (χ1) is 13.1. The highest BCUT2D eigenvalue weighted by atomic mass is 16.5. The third kappa shape index (κ3) is 2.43. The number of rotatable bonds is 6. The summed E-state index contributed by atoms with van der Waals surface area (Å²) >= 11 is 0. The normalized spacial score (nSPS) is 26.0. The van der Waals surface area contributed by atoms with E-state index >= 15 is 0 Å². The largest absolute Gasteiger partial charge is 0.493 e. The van der Waals surface area contributed by atoms with Gasteiger partial charge in [0, 0.05) is 18.1 Å². The molecule has 0 unspecified atom stereocenters. The Bertz CT molecular complexity index is 1070. The standard InChI is InChI=1S/C23H24O4/c1-2-3-8-26-16-5-7-18-17-6-4-15(23-11-22(12-23,13-23)14-24)9-19(17)21(25)27-20(18)10-16/h4-7,9-10,24H,2-3,8,11-14H2,1H3. The lowest BCUT2D eigenvalue weighted by atomic mass is 9.34. The molecule has 1 aromatic heterocycles. The summed E-state index contributed by atoms with van der Waals surface area (Å²) in [6, 6.07) is 11.9. The van der Waals surface area contributed by atoms with E-state index in [1.165, 1.54) is 5.56 Å². The molecule has 1 N–H and O–H groups in total. The van der Waals surface area contributed by atoms with Crippen molar-refractivity contribution in [3.8, 4) is 5.75 Å². The van der Waals surface area contributed by atoms with E-state index < -0.39 is 0 Å². The number of hydrogen-bond donors (Lipinski definition) is 1. The Hall–Kier alpha value is -2.33. The van der Waals surface area contributed by atoms with E-state index in [1.807, 2.05) is 30.3 Å². The summed E-state index contributed by atoms with van der Waals surface area (Å²) in [5.41, 5.74) is 1.79. The molecule has 140 valence electrons. The minimum atomic E-state index is -0.298. The molecule has 3 aliphatic rings. The van der Waals surface area contributed by atoms with Gasteiger partial charge in [-0.2, -0.15) is 0 Å². The van der Waals surface area contributed by atoms with Crippen LogP contribution in [0.5, 0.6) is 5.75 Å². The van der Waals surface area contributed by atoms with Crippen LogP contribution >= 0.6 is 0 Å². The Kier molecular flexibility index (Phi) is 3.63. The van der Waals surface area contributed by atoms with Crippen molar-refractivity contribution >= 4 is 21.7 Å². The quantitative estimate of drug-likeness (QED) is 0.396. The van der Waals surface area contributed by atoms with Crippen LogP contribution in [0.4, 0.5) is 0 Å². The lowest BCUT2D eigenvalue weighted by Crippen LogP contribution is -2.66. The van der Waals surface area contributed by atoms with Crippen LogP contribution in [0.2, 0.25) is 0 Å². The van der Waals surface area contributed by atoms with Gasteiger partial charge in [0.05, 0.1) is 12.0 Å². The molecule has 0 atom stereocenters. The molecule has 2 aromatic carbocycles. The lowest BCUT2D eigenvalue weighted by Gasteiger charge is -2.70. The summed E-state index contributed by atoms with van der Waals surface area (Å²) in [5.74, 6) is 0.734. The first kappa shape index (κ1) is 16.8. The Balaban J connectivity index is 1.53. The van der Waals surface area contributed by atoms with Crippen molar-refractivity contribution in [2.75, 3.05) is 13.2 Å². The molecule has 3 aromatic rings. The number of unbranched alkanes of at least 4 members (excludes halogenated alkanes) is 1. The molecule has 0 radical (unpaired) electrons. The predicted octanol–water partition coefficient (Wildman–Crippen LogP) is 4.54. The second-order valence-corrected chi connectivity index (χ2v) is 8.48. The van der Waals surface area contributed by atoms with E-state index in [4.69, 9.17) is 9.15 Å². The molecule has 1 heterocycles. The molecule has 0 spiro atoms. The van der Waals surface area contributed by atoms with Gasteiger partial charge in [0.2, 0.25) is 0 Å². The summed E-state index contributed by atoms with van der Waals surface area (Å²) in [7, 11) is 0. The van der Waals surface area contributed by atoms with Crippen LogP contribution in [-0.2, 0) is 5.41 Å². The Morgan fingerprint density at radius 2 is 1.85 bits per heavy atom. The van der Waals surface area contributed by atoms with Gasteiger partial charge in [-0.1, -0.05) is 25.5 Å². The van der Waals surface area contributed by atoms with Crippen LogP contribution in [0.3, 0.4) is 0 Å². The van der Waals surface area contributed by atoms with Crippen molar-refractivity contribution in [2.24, 2.45) is 5.41 Å². The average Bonchev–Trinajstić information content (AvgIpc) is 2.60.